The maximum atomic E-state index is 5.81. The zero-order valence-electron chi connectivity index (χ0n) is 12.0. The van der Waals surface area contributed by atoms with Gasteiger partial charge in [-0.25, -0.2) is 0 Å². The van der Waals surface area contributed by atoms with Gasteiger partial charge in [0.2, 0.25) is 0 Å². The summed E-state index contributed by atoms with van der Waals surface area (Å²) in [5.41, 5.74) is 6.54. The molecule has 0 saturated carbocycles. The zero-order chi connectivity index (χ0) is 13.8. The Morgan fingerprint density at radius 3 is 2.79 bits per heavy atom. The van der Waals surface area contributed by atoms with Gasteiger partial charge in [-0.2, -0.15) is 0 Å². The molecule has 2 rings (SSSR count). The normalized spacial score (nSPS) is 21.2. The maximum Gasteiger partial charge on any atom is 0.124 e. The van der Waals surface area contributed by atoms with Crippen molar-refractivity contribution >= 4 is 0 Å². The SMILES string of the molecule is COc1cc(C)cc(C)c1C(NN)C1CCCOC1. The molecule has 4 heteroatoms. The van der Waals surface area contributed by atoms with Gasteiger partial charge in [0.1, 0.15) is 5.75 Å². The number of hydrogen-bond donors (Lipinski definition) is 2. The molecule has 2 unspecified atom stereocenters. The van der Waals surface area contributed by atoms with Gasteiger partial charge in [0.05, 0.1) is 19.8 Å². The van der Waals surface area contributed by atoms with Crippen molar-refractivity contribution in [3.63, 3.8) is 0 Å². The van der Waals surface area contributed by atoms with Gasteiger partial charge < -0.3 is 9.47 Å². The maximum absolute atomic E-state index is 5.81. The lowest BCUT2D eigenvalue weighted by atomic mass is 9.86. The van der Waals surface area contributed by atoms with Crippen LogP contribution in [0, 0.1) is 19.8 Å². The van der Waals surface area contributed by atoms with Crippen LogP contribution in [0.25, 0.3) is 0 Å². The van der Waals surface area contributed by atoms with Crippen molar-refractivity contribution in [2.75, 3.05) is 20.3 Å². The van der Waals surface area contributed by atoms with E-state index in [2.05, 4.69) is 31.4 Å². The summed E-state index contributed by atoms with van der Waals surface area (Å²) in [6, 6.07) is 4.32. The van der Waals surface area contributed by atoms with E-state index >= 15 is 0 Å². The van der Waals surface area contributed by atoms with E-state index in [-0.39, 0.29) is 6.04 Å². The summed E-state index contributed by atoms with van der Waals surface area (Å²) >= 11 is 0. The van der Waals surface area contributed by atoms with Crippen LogP contribution < -0.4 is 16.0 Å². The van der Waals surface area contributed by atoms with Gasteiger partial charge in [0.15, 0.2) is 0 Å². The van der Waals surface area contributed by atoms with E-state index in [4.69, 9.17) is 15.3 Å². The van der Waals surface area contributed by atoms with E-state index in [0.717, 1.165) is 37.4 Å². The van der Waals surface area contributed by atoms with Crippen LogP contribution in [0.1, 0.15) is 35.6 Å². The van der Waals surface area contributed by atoms with Crippen LogP contribution in [0.2, 0.25) is 0 Å². The standard InChI is InChI=1S/C15H24N2O2/c1-10-7-11(2)14(13(8-10)18-3)15(17-16)12-5-4-6-19-9-12/h7-8,12,15,17H,4-6,9,16H2,1-3H3. The van der Waals surface area contributed by atoms with Gasteiger partial charge in [-0.1, -0.05) is 6.07 Å². The van der Waals surface area contributed by atoms with Gasteiger partial charge in [0, 0.05) is 18.1 Å². The second kappa shape index (κ2) is 6.37. The summed E-state index contributed by atoms with van der Waals surface area (Å²) in [5.74, 6) is 7.11. The highest BCUT2D eigenvalue weighted by molar-refractivity contribution is 5.45. The highest BCUT2D eigenvalue weighted by Crippen LogP contribution is 2.36. The minimum atomic E-state index is 0.0795. The Morgan fingerprint density at radius 2 is 2.21 bits per heavy atom. The number of aryl methyl sites for hydroxylation is 2. The number of nitrogens with one attached hydrogen (secondary N) is 1. The average molecular weight is 264 g/mol. The lowest BCUT2D eigenvalue weighted by Gasteiger charge is -2.32. The second-order valence-corrected chi connectivity index (χ2v) is 5.32. The molecule has 0 aromatic heterocycles. The van der Waals surface area contributed by atoms with Crippen molar-refractivity contribution in [2.45, 2.75) is 32.7 Å². The van der Waals surface area contributed by atoms with Gasteiger partial charge >= 0.3 is 0 Å². The smallest absolute Gasteiger partial charge is 0.124 e. The van der Waals surface area contributed by atoms with Gasteiger partial charge in [-0.3, -0.25) is 11.3 Å². The third-order valence-electron chi connectivity index (χ3n) is 3.87. The van der Waals surface area contributed by atoms with E-state index in [0.29, 0.717) is 5.92 Å². The van der Waals surface area contributed by atoms with Gasteiger partial charge in [-0.05, 0) is 43.9 Å². The van der Waals surface area contributed by atoms with E-state index in [1.807, 2.05) is 0 Å². The minimum absolute atomic E-state index is 0.0795. The minimum Gasteiger partial charge on any atom is -0.496 e. The largest absolute Gasteiger partial charge is 0.496 e. The third kappa shape index (κ3) is 3.08. The Morgan fingerprint density at radius 1 is 1.42 bits per heavy atom. The van der Waals surface area contributed by atoms with Crippen LogP contribution in [0.5, 0.6) is 5.75 Å². The number of hydrazine groups is 1. The molecular formula is C15H24N2O2. The predicted molar refractivity (Wildman–Crippen MR) is 76.1 cm³/mol. The highest BCUT2D eigenvalue weighted by atomic mass is 16.5. The second-order valence-electron chi connectivity index (χ2n) is 5.32. The highest BCUT2D eigenvalue weighted by Gasteiger charge is 2.28. The summed E-state index contributed by atoms with van der Waals surface area (Å²) in [6.07, 6.45) is 2.22. The van der Waals surface area contributed by atoms with E-state index in [9.17, 15) is 0 Å². The number of nitrogens with two attached hydrogens (primary N) is 1. The molecule has 1 aromatic carbocycles. The number of hydrogen-bond acceptors (Lipinski definition) is 4. The van der Waals surface area contributed by atoms with Crippen LogP contribution >= 0.6 is 0 Å². The molecule has 1 aromatic rings. The zero-order valence-corrected chi connectivity index (χ0v) is 12.0. The predicted octanol–water partition coefficient (Wildman–Crippen LogP) is 2.24. The molecule has 0 radical (unpaired) electrons. The Labute approximate surface area is 115 Å². The summed E-state index contributed by atoms with van der Waals surface area (Å²) < 4.78 is 11.1. The van der Waals surface area contributed by atoms with Crippen LogP contribution in [0.3, 0.4) is 0 Å². The van der Waals surface area contributed by atoms with Crippen molar-refractivity contribution in [1.82, 2.24) is 5.43 Å². The molecule has 1 heterocycles. The van der Waals surface area contributed by atoms with Crippen LogP contribution in [-0.2, 0) is 4.74 Å². The number of rotatable bonds is 4. The first-order chi connectivity index (χ1) is 9.17. The number of methoxy groups -OCH3 is 1. The molecule has 3 N–H and O–H groups in total. The Balaban J connectivity index is 2.36. The van der Waals surface area contributed by atoms with E-state index in [1.54, 1.807) is 7.11 Å². The summed E-state index contributed by atoms with van der Waals surface area (Å²) in [4.78, 5) is 0. The molecule has 106 valence electrons. The monoisotopic (exact) mass is 264 g/mol. The molecule has 1 fully saturated rings. The quantitative estimate of drug-likeness (QED) is 0.647. The molecule has 19 heavy (non-hydrogen) atoms. The molecular weight excluding hydrogens is 240 g/mol. The average Bonchev–Trinajstić information content (AvgIpc) is 2.42. The first-order valence-corrected chi connectivity index (χ1v) is 6.86. The molecule has 1 aliphatic rings. The summed E-state index contributed by atoms with van der Waals surface area (Å²) in [6.45, 7) is 5.80. The summed E-state index contributed by atoms with van der Waals surface area (Å²) in [5, 5.41) is 0. The lowest BCUT2D eigenvalue weighted by molar-refractivity contribution is 0.0385. The Hall–Kier alpha value is -1.10. The van der Waals surface area contributed by atoms with Crippen LogP contribution in [0.15, 0.2) is 12.1 Å². The molecule has 0 aliphatic carbocycles. The fourth-order valence-electron chi connectivity index (χ4n) is 2.99. The number of ether oxygens (including phenoxy) is 2. The molecule has 0 amide bonds. The van der Waals surface area contributed by atoms with Crippen molar-refractivity contribution in [1.29, 1.82) is 0 Å². The molecule has 1 aliphatic heterocycles. The molecule has 0 spiro atoms. The fraction of sp³-hybridized carbons (Fsp3) is 0.600. The van der Waals surface area contributed by atoms with E-state index in [1.165, 1.54) is 11.1 Å². The Kier molecular flexibility index (Phi) is 4.80. The number of benzene rings is 1. The van der Waals surface area contributed by atoms with Crippen LogP contribution in [0.4, 0.5) is 0 Å². The van der Waals surface area contributed by atoms with Gasteiger partial charge in [-0.15, -0.1) is 0 Å². The van der Waals surface area contributed by atoms with Crippen molar-refractivity contribution in [3.05, 3.63) is 28.8 Å². The summed E-state index contributed by atoms with van der Waals surface area (Å²) in [7, 11) is 1.71. The Bertz CT molecular complexity index is 428. The van der Waals surface area contributed by atoms with Crippen LogP contribution in [-0.4, -0.2) is 20.3 Å². The van der Waals surface area contributed by atoms with Crippen molar-refractivity contribution in [2.24, 2.45) is 11.8 Å². The third-order valence-corrected chi connectivity index (χ3v) is 3.87. The molecule has 0 bridgehead atoms. The molecule has 2 atom stereocenters. The fourth-order valence-corrected chi connectivity index (χ4v) is 2.99. The van der Waals surface area contributed by atoms with E-state index < -0.39 is 0 Å². The first-order valence-electron chi connectivity index (χ1n) is 6.86. The van der Waals surface area contributed by atoms with Crippen molar-refractivity contribution in [3.8, 4) is 5.75 Å². The van der Waals surface area contributed by atoms with Crippen molar-refractivity contribution < 1.29 is 9.47 Å². The molecule has 1 saturated heterocycles. The lowest BCUT2D eigenvalue weighted by Crippen LogP contribution is -2.37. The topological polar surface area (TPSA) is 56.5 Å². The molecule has 4 nitrogen and oxygen atoms in total. The first kappa shape index (κ1) is 14.3. The van der Waals surface area contributed by atoms with Gasteiger partial charge in [0.25, 0.3) is 0 Å².